The van der Waals surface area contributed by atoms with E-state index >= 15 is 0 Å². The summed E-state index contributed by atoms with van der Waals surface area (Å²) in [6.07, 6.45) is 3.87. The first-order valence-corrected chi connectivity index (χ1v) is 8.72. The van der Waals surface area contributed by atoms with Crippen molar-refractivity contribution in [1.82, 2.24) is 25.0 Å². The minimum Gasteiger partial charge on any atom is -0.351 e. The number of aromatic amines is 1. The van der Waals surface area contributed by atoms with Gasteiger partial charge >= 0.3 is 0 Å². The highest BCUT2D eigenvalue weighted by Gasteiger charge is 2.37. The van der Waals surface area contributed by atoms with Gasteiger partial charge in [-0.2, -0.15) is 0 Å². The van der Waals surface area contributed by atoms with E-state index < -0.39 is 0 Å². The fourth-order valence-electron chi connectivity index (χ4n) is 3.22. The number of H-pyrrole nitrogens is 1. The molecule has 25 heavy (non-hydrogen) atoms. The molecule has 1 N–H and O–H groups in total. The van der Waals surface area contributed by atoms with Crippen molar-refractivity contribution in [3.05, 3.63) is 65.0 Å². The predicted octanol–water partition coefficient (Wildman–Crippen LogP) is 2.80. The van der Waals surface area contributed by atoms with Crippen LogP contribution in [0.25, 0.3) is 10.2 Å². The van der Waals surface area contributed by atoms with Gasteiger partial charge in [-0.05, 0) is 12.1 Å². The van der Waals surface area contributed by atoms with E-state index in [1.54, 1.807) is 28.6 Å². The van der Waals surface area contributed by atoms with Crippen LogP contribution >= 0.6 is 11.3 Å². The lowest BCUT2D eigenvalue weighted by molar-refractivity contribution is 0.0648. The molecule has 1 atom stereocenters. The SMILES string of the molecule is O=C(c1ccno1)N1CCc2[nH]cnc2[C@H]1c1nc2ccccc2s1. The summed E-state index contributed by atoms with van der Waals surface area (Å²) in [7, 11) is 0. The normalized spacial score (nSPS) is 17.0. The smallest absolute Gasteiger partial charge is 0.293 e. The number of nitrogens with one attached hydrogen (secondary N) is 1. The number of carbonyl (C=O) groups excluding carboxylic acids is 1. The van der Waals surface area contributed by atoms with Crippen LogP contribution in [0.15, 0.2) is 47.4 Å². The Morgan fingerprint density at radius 2 is 2.24 bits per heavy atom. The van der Waals surface area contributed by atoms with Crippen LogP contribution in [0.3, 0.4) is 0 Å². The minimum atomic E-state index is -0.329. The lowest BCUT2D eigenvalue weighted by atomic mass is 10.0. The number of benzene rings is 1. The van der Waals surface area contributed by atoms with Crippen molar-refractivity contribution < 1.29 is 9.32 Å². The van der Waals surface area contributed by atoms with Crippen molar-refractivity contribution in [3.8, 4) is 0 Å². The molecule has 5 rings (SSSR count). The summed E-state index contributed by atoms with van der Waals surface area (Å²) in [4.78, 5) is 27.1. The van der Waals surface area contributed by atoms with Crippen molar-refractivity contribution in [2.75, 3.05) is 6.54 Å². The first-order valence-electron chi connectivity index (χ1n) is 7.90. The van der Waals surface area contributed by atoms with Crippen LogP contribution in [-0.2, 0) is 6.42 Å². The van der Waals surface area contributed by atoms with Gasteiger partial charge in [0.1, 0.15) is 11.0 Å². The molecular weight excluding hydrogens is 338 g/mol. The second-order valence-electron chi connectivity index (χ2n) is 5.81. The number of rotatable bonds is 2. The van der Waals surface area contributed by atoms with Gasteiger partial charge in [0.25, 0.3) is 5.91 Å². The van der Waals surface area contributed by atoms with E-state index in [-0.39, 0.29) is 17.7 Å². The number of carbonyl (C=O) groups is 1. The third-order valence-electron chi connectivity index (χ3n) is 4.38. The largest absolute Gasteiger partial charge is 0.351 e. The highest BCUT2D eigenvalue weighted by Crippen LogP contribution is 2.37. The van der Waals surface area contributed by atoms with Crippen molar-refractivity contribution in [1.29, 1.82) is 0 Å². The van der Waals surface area contributed by atoms with Gasteiger partial charge in [0.15, 0.2) is 0 Å². The summed E-state index contributed by atoms with van der Waals surface area (Å²) in [5.41, 5.74) is 2.82. The summed E-state index contributed by atoms with van der Waals surface area (Å²) in [5, 5.41) is 4.50. The van der Waals surface area contributed by atoms with Crippen LogP contribution in [0.5, 0.6) is 0 Å². The first-order chi connectivity index (χ1) is 12.3. The Hall–Kier alpha value is -3.00. The fourth-order valence-corrected chi connectivity index (χ4v) is 4.30. The van der Waals surface area contributed by atoms with E-state index in [4.69, 9.17) is 9.51 Å². The van der Waals surface area contributed by atoms with Crippen LogP contribution in [-0.4, -0.2) is 37.5 Å². The molecule has 3 aromatic heterocycles. The third kappa shape index (κ3) is 2.25. The van der Waals surface area contributed by atoms with Crippen molar-refractivity contribution in [3.63, 3.8) is 0 Å². The molecule has 0 saturated heterocycles. The average Bonchev–Trinajstić information content (AvgIpc) is 3.39. The Bertz CT molecular complexity index is 1020. The highest BCUT2D eigenvalue weighted by atomic mass is 32.1. The summed E-state index contributed by atoms with van der Waals surface area (Å²) >= 11 is 1.58. The molecule has 1 aliphatic heterocycles. The number of fused-ring (bicyclic) bond motifs is 2. The Labute approximate surface area is 146 Å². The number of hydrogen-bond donors (Lipinski definition) is 1. The van der Waals surface area contributed by atoms with Gasteiger partial charge < -0.3 is 14.4 Å². The highest BCUT2D eigenvalue weighted by molar-refractivity contribution is 7.18. The van der Waals surface area contributed by atoms with Crippen LogP contribution < -0.4 is 0 Å². The van der Waals surface area contributed by atoms with Crippen molar-refractivity contribution >= 4 is 27.5 Å². The standard InChI is InChI=1S/C17H13N5O2S/c23-17(12-5-7-20-24-12)22-8-6-11-14(19-9-18-11)15(22)16-21-10-3-1-2-4-13(10)25-16/h1-5,7,9,15H,6,8H2,(H,18,19)/t15-/m0/s1. The zero-order valence-electron chi connectivity index (χ0n) is 13.0. The Morgan fingerprint density at radius 3 is 3.08 bits per heavy atom. The predicted molar refractivity (Wildman–Crippen MR) is 91.3 cm³/mol. The molecule has 0 fully saturated rings. The average molecular weight is 351 g/mol. The summed E-state index contributed by atoms with van der Waals surface area (Å²) in [6.45, 7) is 0.565. The molecule has 0 aliphatic carbocycles. The second-order valence-corrected chi connectivity index (χ2v) is 6.88. The molecule has 1 amide bonds. The monoisotopic (exact) mass is 351 g/mol. The molecule has 0 unspecified atom stereocenters. The van der Waals surface area contributed by atoms with E-state index in [0.29, 0.717) is 6.54 Å². The second kappa shape index (κ2) is 5.52. The third-order valence-corrected chi connectivity index (χ3v) is 5.47. The summed E-state index contributed by atoms with van der Waals surface area (Å²) in [5.74, 6) is 0.0282. The zero-order valence-corrected chi connectivity index (χ0v) is 13.9. The number of para-hydroxylation sites is 1. The maximum Gasteiger partial charge on any atom is 0.293 e. The summed E-state index contributed by atoms with van der Waals surface area (Å²) < 4.78 is 6.16. The zero-order chi connectivity index (χ0) is 16.8. The van der Waals surface area contributed by atoms with Gasteiger partial charge in [0.05, 0.1) is 28.4 Å². The first kappa shape index (κ1) is 14.4. The van der Waals surface area contributed by atoms with E-state index in [1.807, 2.05) is 24.3 Å². The van der Waals surface area contributed by atoms with Crippen molar-refractivity contribution in [2.24, 2.45) is 0 Å². The minimum absolute atomic E-state index is 0.199. The lowest BCUT2D eigenvalue weighted by Crippen LogP contribution is -2.40. The Kier molecular flexibility index (Phi) is 3.17. The maximum absolute atomic E-state index is 12.9. The number of thiazole rings is 1. The molecular formula is C17H13N5O2S. The topological polar surface area (TPSA) is 87.9 Å². The molecule has 1 aromatic carbocycles. The molecule has 0 bridgehead atoms. The molecule has 0 radical (unpaired) electrons. The number of aromatic nitrogens is 4. The Balaban J connectivity index is 1.64. The van der Waals surface area contributed by atoms with Crippen molar-refractivity contribution in [2.45, 2.75) is 12.5 Å². The van der Waals surface area contributed by atoms with E-state index in [2.05, 4.69) is 15.1 Å². The van der Waals surface area contributed by atoms with Gasteiger partial charge in [0, 0.05) is 24.7 Å². The van der Waals surface area contributed by atoms with Gasteiger partial charge in [-0.1, -0.05) is 17.3 Å². The fraction of sp³-hybridized carbons (Fsp3) is 0.176. The van der Waals surface area contributed by atoms with E-state index in [1.165, 1.54) is 6.20 Å². The number of nitrogens with zero attached hydrogens (tertiary/aromatic N) is 4. The Morgan fingerprint density at radius 1 is 1.32 bits per heavy atom. The molecule has 7 nitrogen and oxygen atoms in total. The summed E-state index contributed by atoms with van der Waals surface area (Å²) in [6, 6.07) is 9.22. The lowest BCUT2D eigenvalue weighted by Gasteiger charge is -2.32. The van der Waals surface area contributed by atoms with Gasteiger partial charge in [0.2, 0.25) is 5.76 Å². The van der Waals surface area contributed by atoms with E-state index in [9.17, 15) is 4.79 Å². The molecule has 1 aliphatic rings. The van der Waals surface area contributed by atoms with Crippen LogP contribution in [0.4, 0.5) is 0 Å². The van der Waals surface area contributed by atoms with Gasteiger partial charge in [-0.15, -0.1) is 11.3 Å². The van der Waals surface area contributed by atoms with Gasteiger partial charge in [-0.25, -0.2) is 9.97 Å². The molecule has 0 saturated carbocycles. The number of hydrogen-bond acceptors (Lipinski definition) is 6. The molecule has 4 heterocycles. The maximum atomic E-state index is 12.9. The molecule has 8 heteroatoms. The van der Waals surface area contributed by atoms with Crippen LogP contribution in [0, 0.1) is 0 Å². The number of amides is 1. The van der Waals surface area contributed by atoms with Crippen LogP contribution in [0.2, 0.25) is 0 Å². The van der Waals surface area contributed by atoms with Crippen LogP contribution in [0.1, 0.15) is 33.0 Å². The molecule has 124 valence electrons. The molecule has 0 spiro atoms. The number of imidazole rings is 1. The molecule has 4 aromatic rings. The van der Waals surface area contributed by atoms with Gasteiger partial charge in [-0.3, -0.25) is 4.79 Å². The van der Waals surface area contributed by atoms with E-state index in [0.717, 1.165) is 33.0 Å². The quantitative estimate of drug-likeness (QED) is 0.600.